The number of hydrogen-bond donors (Lipinski definition) is 0. The SMILES string of the molecule is CC(c1ccc2c(=O)c3ccccc3ccc2c1)C1OCCCO1. The summed E-state index contributed by atoms with van der Waals surface area (Å²) in [5.74, 6) is 0.129. The molecule has 4 rings (SSSR count). The summed E-state index contributed by atoms with van der Waals surface area (Å²) in [5.41, 5.74) is 1.21. The molecular formula is C21H20O3. The highest BCUT2D eigenvalue weighted by Crippen LogP contribution is 2.27. The Balaban J connectivity index is 1.83. The molecule has 3 heteroatoms. The van der Waals surface area contributed by atoms with E-state index in [4.69, 9.17) is 9.47 Å². The molecule has 1 heterocycles. The van der Waals surface area contributed by atoms with Crippen molar-refractivity contribution in [3.8, 4) is 0 Å². The quantitative estimate of drug-likeness (QED) is 0.709. The molecule has 3 aromatic carbocycles. The molecule has 24 heavy (non-hydrogen) atoms. The van der Waals surface area contributed by atoms with Gasteiger partial charge in [-0.15, -0.1) is 0 Å². The lowest BCUT2D eigenvalue weighted by Crippen LogP contribution is -2.29. The second kappa shape index (κ2) is 6.34. The minimum absolute atomic E-state index is 0.0787. The van der Waals surface area contributed by atoms with Crippen LogP contribution < -0.4 is 5.43 Å². The van der Waals surface area contributed by atoms with Gasteiger partial charge in [-0.1, -0.05) is 61.5 Å². The van der Waals surface area contributed by atoms with E-state index in [1.54, 1.807) is 0 Å². The maximum atomic E-state index is 12.8. The number of fused-ring (bicyclic) bond motifs is 2. The van der Waals surface area contributed by atoms with E-state index >= 15 is 0 Å². The molecule has 0 aromatic heterocycles. The number of ether oxygens (including phenoxy) is 2. The summed E-state index contributed by atoms with van der Waals surface area (Å²) in [6, 6.07) is 17.8. The summed E-state index contributed by atoms with van der Waals surface area (Å²) in [7, 11) is 0. The third-order valence-electron chi connectivity index (χ3n) is 4.76. The van der Waals surface area contributed by atoms with Gasteiger partial charge < -0.3 is 9.47 Å². The van der Waals surface area contributed by atoms with E-state index in [1.165, 1.54) is 0 Å². The van der Waals surface area contributed by atoms with Gasteiger partial charge in [0.1, 0.15) is 0 Å². The molecule has 1 aliphatic heterocycles. The van der Waals surface area contributed by atoms with Gasteiger partial charge in [0.15, 0.2) is 11.7 Å². The highest BCUT2D eigenvalue weighted by molar-refractivity contribution is 5.93. The molecule has 1 atom stereocenters. The van der Waals surface area contributed by atoms with Crippen molar-refractivity contribution in [2.45, 2.75) is 25.6 Å². The minimum Gasteiger partial charge on any atom is -0.352 e. The van der Waals surface area contributed by atoms with Gasteiger partial charge >= 0.3 is 0 Å². The molecule has 0 aliphatic carbocycles. The predicted octanol–water partition coefficient (Wildman–Crippen LogP) is 4.22. The first-order valence-electron chi connectivity index (χ1n) is 8.43. The van der Waals surface area contributed by atoms with Gasteiger partial charge in [0.2, 0.25) is 0 Å². The van der Waals surface area contributed by atoms with Crippen molar-refractivity contribution in [1.82, 2.24) is 0 Å². The zero-order chi connectivity index (χ0) is 16.5. The van der Waals surface area contributed by atoms with Crippen LogP contribution in [0.2, 0.25) is 0 Å². The van der Waals surface area contributed by atoms with Crippen LogP contribution in [0.15, 0.2) is 59.4 Å². The lowest BCUT2D eigenvalue weighted by molar-refractivity contribution is -0.188. The molecule has 3 aromatic rings. The standard InChI is InChI=1S/C21H20O3/c1-14(21-23-11-4-12-24-21)16-9-10-19-17(13-16)8-7-15-5-2-3-6-18(15)20(19)22/h2-3,5-10,13-14,21H,4,11-12H2,1H3. The van der Waals surface area contributed by atoms with Gasteiger partial charge in [0.25, 0.3) is 0 Å². The average molecular weight is 320 g/mol. The van der Waals surface area contributed by atoms with Crippen LogP contribution in [0.25, 0.3) is 21.5 Å². The Labute approximate surface area is 140 Å². The molecule has 1 unspecified atom stereocenters. The number of benzene rings is 2. The van der Waals surface area contributed by atoms with Crippen molar-refractivity contribution in [3.63, 3.8) is 0 Å². The predicted molar refractivity (Wildman–Crippen MR) is 96.4 cm³/mol. The molecule has 0 radical (unpaired) electrons. The highest BCUT2D eigenvalue weighted by Gasteiger charge is 2.23. The highest BCUT2D eigenvalue weighted by atomic mass is 16.7. The van der Waals surface area contributed by atoms with Crippen molar-refractivity contribution >= 4 is 21.5 Å². The Morgan fingerprint density at radius 2 is 1.62 bits per heavy atom. The Kier molecular flexibility index (Phi) is 4.05. The van der Waals surface area contributed by atoms with E-state index in [9.17, 15) is 4.79 Å². The van der Waals surface area contributed by atoms with Gasteiger partial charge in [0.05, 0.1) is 13.2 Å². The molecule has 0 amide bonds. The maximum Gasteiger partial charge on any atom is 0.194 e. The molecule has 0 bridgehead atoms. The second-order valence-corrected chi connectivity index (χ2v) is 6.35. The lowest BCUT2D eigenvalue weighted by atomic mass is 9.97. The number of rotatable bonds is 2. The largest absolute Gasteiger partial charge is 0.352 e. The fraction of sp³-hybridized carbons (Fsp3) is 0.286. The monoisotopic (exact) mass is 320 g/mol. The molecule has 0 saturated carbocycles. The lowest BCUT2D eigenvalue weighted by Gasteiger charge is -2.28. The Morgan fingerprint density at radius 3 is 2.46 bits per heavy atom. The van der Waals surface area contributed by atoms with Gasteiger partial charge in [-0.2, -0.15) is 0 Å². The van der Waals surface area contributed by atoms with Crippen LogP contribution in [-0.4, -0.2) is 19.5 Å². The summed E-state index contributed by atoms with van der Waals surface area (Å²) in [6.07, 6.45) is 0.738. The number of hydrogen-bond acceptors (Lipinski definition) is 3. The summed E-state index contributed by atoms with van der Waals surface area (Å²) in [4.78, 5) is 12.8. The zero-order valence-corrected chi connectivity index (χ0v) is 13.7. The molecule has 122 valence electrons. The summed E-state index contributed by atoms with van der Waals surface area (Å²) >= 11 is 0. The van der Waals surface area contributed by atoms with Gasteiger partial charge in [-0.25, -0.2) is 0 Å². The van der Waals surface area contributed by atoms with Crippen molar-refractivity contribution in [2.75, 3.05) is 13.2 Å². The molecular weight excluding hydrogens is 300 g/mol. The van der Waals surface area contributed by atoms with E-state index in [2.05, 4.69) is 13.0 Å². The normalized spacial score (nSPS) is 17.2. The molecule has 3 nitrogen and oxygen atoms in total. The Bertz CT molecular complexity index is 942. The van der Waals surface area contributed by atoms with Crippen LogP contribution in [0.4, 0.5) is 0 Å². The first-order chi connectivity index (χ1) is 11.7. The average Bonchev–Trinajstić information content (AvgIpc) is 2.79. The van der Waals surface area contributed by atoms with Gasteiger partial charge in [0, 0.05) is 16.7 Å². The van der Waals surface area contributed by atoms with Gasteiger partial charge in [-0.3, -0.25) is 4.79 Å². The van der Waals surface area contributed by atoms with Crippen molar-refractivity contribution in [3.05, 3.63) is 70.4 Å². The second-order valence-electron chi connectivity index (χ2n) is 6.35. The third-order valence-corrected chi connectivity index (χ3v) is 4.76. The molecule has 1 saturated heterocycles. The summed E-state index contributed by atoms with van der Waals surface area (Å²) < 4.78 is 11.5. The van der Waals surface area contributed by atoms with Crippen LogP contribution in [0.1, 0.15) is 24.8 Å². The first kappa shape index (κ1) is 15.3. The molecule has 1 aliphatic rings. The maximum absolute atomic E-state index is 12.8. The molecule has 1 fully saturated rings. The van der Waals surface area contributed by atoms with Crippen LogP contribution in [0, 0.1) is 0 Å². The van der Waals surface area contributed by atoms with Crippen LogP contribution in [0.3, 0.4) is 0 Å². The van der Waals surface area contributed by atoms with E-state index < -0.39 is 0 Å². The summed E-state index contributed by atoms with van der Waals surface area (Å²) in [5, 5.41) is 3.42. The molecule has 0 spiro atoms. The third kappa shape index (κ3) is 2.70. The zero-order valence-electron chi connectivity index (χ0n) is 13.7. The van der Waals surface area contributed by atoms with Crippen LogP contribution in [-0.2, 0) is 9.47 Å². The van der Waals surface area contributed by atoms with E-state index in [-0.39, 0.29) is 17.6 Å². The topological polar surface area (TPSA) is 35.5 Å². The van der Waals surface area contributed by atoms with Crippen LogP contribution >= 0.6 is 0 Å². The van der Waals surface area contributed by atoms with Crippen LogP contribution in [0.5, 0.6) is 0 Å². The minimum atomic E-state index is -0.209. The van der Waals surface area contributed by atoms with E-state index in [1.807, 2.05) is 48.5 Å². The molecule has 0 N–H and O–H groups in total. The van der Waals surface area contributed by atoms with Crippen molar-refractivity contribution in [2.24, 2.45) is 0 Å². The summed E-state index contributed by atoms with van der Waals surface area (Å²) in [6.45, 7) is 3.59. The first-order valence-corrected chi connectivity index (χ1v) is 8.43. The smallest absolute Gasteiger partial charge is 0.194 e. The van der Waals surface area contributed by atoms with Crippen molar-refractivity contribution in [1.29, 1.82) is 0 Å². The van der Waals surface area contributed by atoms with E-state index in [0.717, 1.165) is 46.7 Å². The van der Waals surface area contributed by atoms with Gasteiger partial charge in [-0.05, 0) is 22.8 Å². The fourth-order valence-electron chi connectivity index (χ4n) is 3.33. The van der Waals surface area contributed by atoms with Crippen molar-refractivity contribution < 1.29 is 9.47 Å². The van der Waals surface area contributed by atoms with E-state index in [0.29, 0.717) is 0 Å². The Morgan fingerprint density at radius 1 is 0.917 bits per heavy atom. The Hall–Kier alpha value is -2.23. The fourth-order valence-corrected chi connectivity index (χ4v) is 3.33.